The van der Waals surface area contributed by atoms with Gasteiger partial charge in [0.1, 0.15) is 30.5 Å². The van der Waals surface area contributed by atoms with Crippen LogP contribution in [0.25, 0.3) is 16.9 Å². The predicted molar refractivity (Wildman–Crippen MR) is 77.8 cm³/mol. The van der Waals surface area contributed by atoms with Crippen molar-refractivity contribution in [2.75, 3.05) is 6.61 Å². The Labute approximate surface area is 122 Å². The highest BCUT2D eigenvalue weighted by atomic mass is 16.5. The number of benzene rings is 1. The summed E-state index contributed by atoms with van der Waals surface area (Å²) in [5, 5.41) is 0. The second kappa shape index (κ2) is 5.36. The average Bonchev–Trinajstić information content (AvgIpc) is 2.88. The van der Waals surface area contributed by atoms with Crippen molar-refractivity contribution in [1.82, 2.24) is 9.38 Å². The second-order valence-electron chi connectivity index (χ2n) is 4.74. The van der Waals surface area contributed by atoms with E-state index < -0.39 is 0 Å². The maximum atomic E-state index is 11.6. The van der Waals surface area contributed by atoms with Gasteiger partial charge in [-0.1, -0.05) is 12.1 Å². The van der Waals surface area contributed by atoms with Crippen molar-refractivity contribution in [2.24, 2.45) is 7.05 Å². The molecule has 0 aliphatic rings. The van der Waals surface area contributed by atoms with E-state index in [0.717, 1.165) is 16.9 Å². The Morgan fingerprint density at radius 2 is 2.10 bits per heavy atom. The summed E-state index contributed by atoms with van der Waals surface area (Å²) in [5.74, 6) is -0.301. The zero-order valence-electron chi connectivity index (χ0n) is 12.0. The van der Waals surface area contributed by atoms with E-state index in [2.05, 4.69) is 4.98 Å². The molecule has 2 heterocycles. The number of rotatable bonds is 3. The van der Waals surface area contributed by atoms with E-state index in [1.165, 1.54) is 0 Å². The number of carbonyl (C=O) groups is 1. The summed E-state index contributed by atoms with van der Waals surface area (Å²) < 4.78 is 8.99. The van der Waals surface area contributed by atoms with Crippen LogP contribution < -0.4 is 4.57 Å². The Morgan fingerprint density at radius 1 is 1.33 bits per heavy atom. The summed E-state index contributed by atoms with van der Waals surface area (Å²) in [7, 11) is 1.98. The molecular formula is C16H16N3O2+. The van der Waals surface area contributed by atoms with Crippen molar-refractivity contribution in [3.63, 3.8) is 0 Å². The quantitative estimate of drug-likeness (QED) is 0.545. The van der Waals surface area contributed by atoms with E-state index in [1.807, 2.05) is 52.9 Å². The molecule has 0 spiro atoms. The van der Waals surface area contributed by atoms with Crippen LogP contribution in [0.1, 0.15) is 17.3 Å². The molecule has 1 aromatic carbocycles. The predicted octanol–water partition coefficient (Wildman–Crippen LogP) is 2.00. The van der Waals surface area contributed by atoms with E-state index in [0.29, 0.717) is 12.2 Å². The van der Waals surface area contributed by atoms with Gasteiger partial charge >= 0.3 is 11.6 Å². The highest BCUT2D eigenvalue weighted by Crippen LogP contribution is 2.18. The first-order chi connectivity index (χ1) is 10.2. The standard InChI is InChI=1S/C16H16N3O2/c1-3-21-16(20)13-6-4-12(5-7-13)14-11-19-9-8-18(2)15(19)10-17-14/h4-11H,3H2,1-2H3/q+1. The first-order valence-electron chi connectivity index (χ1n) is 6.79. The van der Waals surface area contributed by atoms with E-state index >= 15 is 0 Å². The zero-order chi connectivity index (χ0) is 14.8. The number of nitrogens with zero attached hydrogens (tertiary/aromatic N) is 3. The van der Waals surface area contributed by atoms with Crippen molar-refractivity contribution in [1.29, 1.82) is 0 Å². The Bertz CT molecular complexity index is 791. The second-order valence-corrected chi connectivity index (χ2v) is 4.74. The van der Waals surface area contributed by atoms with Gasteiger partial charge in [-0.15, -0.1) is 0 Å². The van der Waals surface area contributed by atoms with Crippen LogP contribution in [0.2, 0.25) is 0 Å². The van der Waals surface area contributed by atoms with E-state index in [4.69, 9.17) is 4.74 Å². The molecule has 0 N–H and O–H groups in total. The monoisotopic (exact) mass is 282 g/mol. The van der Waals surface area contributed by atoms with Crippen LogP contribution >= 0.6 is 0 Å². The molecule has 5 nitrogen and oxygen atoms in total. The minimum atomic E-state index is -0.301. The number of hydrogen-bond donors (Lipinski definition) is 0. The zero-order valence-corrected chi connectivity index (χ0v) is 12.0. The average molecular weight is 282 g/mol. The lowest BCUT2D eigenvalue weighted by Gasteiger charge is -2.03. The number of fused-ring (bicyclic) bond motifs is 1. The number of hydrogen-bond acceptors (Lipinski definition) is 3. The van der Waals surface area contributed by atoms with Crippen molar-refractivity contribution >= 4 is 11.6 Å². The van der Waals surface area contributed by atoms with Crippen molar-refractivity contribution < 1.29 is 14.1 Å². The number of imidazole rings is 1. The highest BCUT2D eigenvalue weighted by molar-refractivity contribution is 5.89. The molecule has 0 saturated heterocycles. The van der Waals surface area contributed by atoms with Crippen LogP contribution in [-0.2, 0) is 11.8 Å². The topological polar surface area (TPSA) is 47.5 Å². The fraction of sp³-hybridized carbons (Fsp3) is 0.188. The van der Waals surface area contributed by atoms with Gasteiger partial charge in [-0.25, -0.2) is 14.3 Å². The molecule has 106 valence electrons. The van der Waals surface area contributed by atoms with Gasteiger partial charge in [-0.3, -0.25) is 0 Å². The maximum absolute atomic E-state index is 11.6. The van der Waals surface area contributed by atoms with E-state index in [-0.39, 0.29) is 5.97 Å². The fourth-order valence-corrected chi connectivity index (χ4v) is 2.21. The molecule has 3 rings (SSSR count). The number of ether oxygens (including phenoxy) is 1. The first kappa shape index (κ1) is 13.3. The Morgan fingerprint density at radius 3 is 2.81 bits per heavy atom. The van der Waals surface area contributed by atoms with Crippen molar-refractivity contribution in [3.8, 4) is 11.3 Å². The van der Waals surface area contributed by atoms with Gasteiger partial charge in [-0.2, -0.15) is 4.40 Å². The van der Waals surface area contributed by atoms with E-state index in [9.17, 15) is 4.79 Å². The minimum Gasteiger partial charge on any atom is -0.462 e. The van der Waals surface area contributed by atoms with Gasteiger partial charge in [0, 0.05) is 5.56 Å². The molecule has 0 aliphatic carbocycles. The summed E-state index contributed by atoms with van der Waals surface area (Å²) in [6.07, 6.45) is 7.75. The smallest absolute Gasteiger partial charge is 0.338 e. The third-order valence-corrected chi connectivity index (χ3v) is 3.35. The molecule has 3 aromatic rings. The molecule has 5 heteroatoms. The van der Waals surface area contributed by atoms with Crippen molar-refractivity contribution in [3.05, 3.63) is 54.6 Å². The van der Waals surface area contributed by atoms with Crippen LogP contribution in [-0.4, -0.2) is 22.0 Å². The van der Waals surface area contributed by atoms with Gasteiger partial charge in [0.05, 0.1) is 19.2 Å². The van der Waals surface area contributed by atoms with Gasteiger partial charge < -0.3 is 4.74 Å². The molecular weight excluding hydrogens is 266 g/mol. The molecule has 0 saturated carbocycles. The van der Waals surface area contributed by atoms with Crippen LogP contribution in [0.5, 0.6) is 0 Å². The SMILES string of the molecule is CCOC(=O)c1ccc(-c2cn3cc[n+](C)c3cn2)cc1. The van der Waals surface area contributed by atoms with E-state index in [1.54, 1.807) is 19.1 Å². The molecule has 0 unspecified atom stereocenters. The van der Waals surface area contributed by atoms with Gasteiger partial charge in [0.15, 0.2) is 0 Å². The fourth-order valence-electron chi connectivity index (χ4n) is 2.21. The first-order valence-corrected chi connectivity index (χ1v) is 6.79. The van der Waals surface area contributed by atoms with Gasteiger partial charge in [0.25, 0.3) is 0 Å². The Balaban J connectivity index is 1.93. The van der Waals surface area contributed by atoms with Gasteiger partial charge in [0.2, 0.25) is 0 Å². The van der Waals surface area contributed by atoms with Crippen LogP contribution in [0.4, 0.5) is 0 Å². The molecule has 0 bridgehead atoms. The number of esters is 1. The lowest BCUT2D eigenvalue weighted by Crippen LogP contribution is -2.25. The number of aryl methyl sites for hydroxylation is 1. The Hall–Kier alpha value is -2.69. The third-order valence-electron chi connectivity index (χ3n) is 3.35. The Kier molecular flexibility index (Phi) is 3.39. The largest absolute Gasteiger partial charge is 0.462 e. The number of carbonyl (C=O) groups excluding carboxylic acids is 1. The molecule has 0 amide bonds. The molecule has 0 aliphatic heterocycles. The van der Waals surface area contributed by atoms with Crippen LogP contribution in [0.3, 0.4) is 0 Å². The van der Waals surface area contributed by atoms with Crippen LogP contribution in [0.15, 0.2) is 49.1 Å². The highest BCUT2D eigenvalue weighted by Gasteiger charge is 2.10. The normalized spacial score (nSPS) is 10.8. The molecule has 2 aromatic heterocycles. The lowest BCUT2D eigenvalue weighted by atomic mass is 10.1. The molecule has 0 atom stereocenters. The van der Waals surface area contributed by atoms with Crippen LogP contribution in [0, 0.1) is 0 Å². The van der Waals surface area contributed by atoms with Gasteiger partial charge in [-0.05, 0) is 19.1 Å². The minimum absolute atomic E-state index is 0.301. The molecule has 0 fully saturated rings. The molecule has 21 heavy (non-hydrogen) atoms. The summed E-state index contributed by atoms with van der Waals surface area (Å²) in [6.45, 7) is 2.17. The van der Waals surface area contributed by atoms with Crippen molar-refractivity contribution in [2.45, 2.75) is 6.92 Å². The summed E-state index contributed by atoms with van der Waals surface area (Å²) >= 11 is 0. The third kappa shape index (κ3) is 2.50. The number of aromatic nitrogens is 3. The molecule has 0 radical (unpaired) electrons. The summed E-state index contributed by atoms with van der Waals surface area (Å²) in [6, 6.07) is 7.28. The lowest BCUT2D eigenvalue weighted by molar-refractivity contribution is -0.644. The summed E-state index contributed by atoms with van der Waals surface area (Å²) in [5.41, 5.74) is 3.38. The summed E-state index contributed by atoms with van der Waals surface area (Å²) in [4.78, 5) is 16.1. The maximum Gasteiger partial charge on any atom is 0.338 e.